The maximum Gasteiger partial charge on any atom is 0.226 e. The monoisotopic (exact) mass is 373 g/mol. The first kappa shape index (κ1) is 18.0. The van der Waals surface area contributed by atoms with Crippen molar-refractivity contribution in [2.24, 2.45) is 0 Å². The molecule has 2 heterocycles. The van der Waals surface area contributed by atoms with Gasteiger partial charge in [-0.3, -0.25) is 14.2 Å². The minimum Gasteiger partial charge on any atom is -0.323 e. The second kappa shape index (κ2) is 7.68. The third kappa shape index (κ3) is 4.11. The summed E-state index contributed by atoms with van der Waals surface area (Å²) in [5.41, 5.74) is 5.36. The van der Waals surface area contributed by atoms with Gasteiger partial charge < -0.3 is 5.32 Å². The van der Waals surface area contributed by atoms with Gasteiger partial charge in [-0.1, -0.05) is 41.5 Å². The smallest absolute Gasteiger partial charge is 0.226 e. The number of carbonyl (C=O) groups is 1. The number of nitrogens with one attached hydrogen (secondary N) is 1. The Balaban J connectivity index is 1.33. The fourth-order valence-corrected chi connectivity index (χ4v) is 3.21. The van der Waals surface area contributed by atoms with Crippen molar-refractivity contribution in [3.05, 3.63) is 77.7 Å². The normalized spacial score (nSPS) is 11.1. The van der Waals surface area contributed by atoms with E-state index < -0.39 is 0 Å². The zero-order chi connectivity index (χ0) is 19.5. The van der Waals surface area contributed by atoms with E-state index in [0.717, 1.165) is 10.9 Å². The summed E-state index contributed by atoms with van der Waals surface area (Å²) in [4.78, 5) is 12.3. The zero-order valence-electron chi connectivity index (χ0n) is 16.1. The van der Waals surface area contributed by atoms with Gasteiger partial charge in [0.05, 0.1) is 36.7 Å². The molecule has 142 valence electrons. The fourth-order valence-electron chi connectivity index (χ4n) is 3.21. The van der Waals surface area contributed by atoms with Gasteiger partial charge >= 0.3 is 0 Å². The summed E-state index contributed by atoms with van der Waals surface area (Å²) >= 11 is 0. The Labute approximate surface area is 163 Å². The van der Waals surface area contributed by atoms with Crippen molar-refractivity contribution in [2.45, 2.75) is 33.4 Å². The van der Waals surface area contributed by atoms with Crippen LogP contribution in [0.3, 0.4) is 0 Å². The molecule has 1 amide bonds. The van der Waals surface area contributed by atoms with Crippen LogP contribution in [0.5, 0.6) is 0 Å². The van der Waals surface area contributed by atoms with Gasteiger partial charge in [0.1, 0.15) is 0 Å². The van der Waals surface area contributed by atoms with Gasteiger partial charge in [-0.25, -0.2) is 0 Å². The molecular weight excluding hydrogens is 350 g/mol. The third-order valence-electron chi connectivity index (χ3n) is 4.73. The van der Waals surface area contributed by atoms with Crippen LogP contribution < -0.4 is 5.32 Å². The highest BCUT2D eigenvalue weighted by Crippen LogP contribution is 2.16. The van der Waals surface area contributed by atoms with Gasteiger partial charge in [-0.2, -0.15) is 10.2 Å². The van der Waals surface area contributed by atoms with Gasteiger partial charge in [-0.05, 0) is 31.5 Å². The van der Waals surface area contributed by atoms with Crippen LogP contribution in [0.25, 0.3) is 10.9 Å². The number of carbonyl (C=O) groups excluding carboxylic acids is 1. The van der Waals surface area contributed by atoms with Crippen LogP contribution in [0.1, 0.15) is 23.1 Å². The van der Waals surface area contributed by atoms with Crippen LogP contribution >= 0.6 is 0 Å². The van der Waals surface area contributed by atoms with Crippen molar-refractivity contribution in [1.82, 2.24) is 19.6 Å². The van der Waals surface area contributed by atoms with E-state index in [2.05, 4.69) is 65.8 Å². The van der Waals surface area contributed by atoms with Crippen LogP contribution in [0.2, 0.25) is 0 Å². The molecule has 1 N–H and O–H groups in total. The van der Waals surface area contributed by atoms with Crippen LogP contribution in [0, 0.1) is 13.8 Å². The molecule has 0 fully saturated rings. The lowest BCUT2D eigenvalue weighted by Gasteiger charge is -2.05. The summed E-state index contributed by atoms with van der Waals surface area (Å²) in [6.45, 7) is 5.34. The van der Waals surface area contributed by atoms with Gasteiger partial charge in [0, 0.05) is 18.0 Å². The number of benzene rings is 2. The molecule has 0 aliphatic carbocycles. The van der Waals surface area contributed by atoms with Crippen LogP contribution in [-0.4, -0.2) is 25.5 Å². The van der Waals surface area contributed by atoms with E-state index in [9.17, 15) is 4.79 Å². The number of amides is 1. The summed E-state index contributed by atoms with van der Waals surface area (Å²) in [6, 6.07) is 14.6. The molecule has 0 aliphatic heterocycles. The Morgan fingerprint density at radius 1 is 1.00 bits per heavy atom. The van der Waals surface area contributed by atoms with Crippen molar-refractivity contribution < 1.29 is 4.79 Å². The van der Waals surface area contributed by atoms with Crippen LogP contribution in [-0.2, 0) is 17.9 Å². The molecule has 4 aromatic rings. The van der Waals surface area contributed by atoms with Crippen LogP contribution in [0.15, 0.2) is 61.1 Å². The molecule has 0 spiro atoms. The topological polar surface area (TPSA) is 64.7 Å². The molecule has 6 nitrogen and oxygen atoms in total. The lowest BCUT2D eigenvalue weighted by atomic mass is 10.1. The Hall–Kier alpha value is -3.41. The van der Waals surface area contributed by atoms with E-state index in [1.54, 1.807) is 6.20 Å². The van der Waals surface area contributed by atoms with E-state index in [0.29, 0.717) is 25.2 Å². The van der Waals surface area contributed by atoms with Crippen molar-refractivity contribution in [2.75, 3.05) is 5.32 Å². The highest BCUT2D eigenvalue weighted by molar-refractivity contribution is 5.90. The van der Waals surface area contributed by atoms with Gasteiger partial charge in [-0.15, -0.1) is 0 Å². The second-order valence-electron chi connectivity index (χ2n) is 7.14. The maximum absolute atomic E-state index is 12.3. The number of aromatic nitrogens is 4. The molecule has 0 atom stereocenters. The molecule has 2 aromatic heterocycles. The average Bonchev–Trinajstić information content (AvgIpc) is 3.28. The predicted octanol–water partition coefficient (Wildman–Crippen LogP) is 3.93. The number of anilines is 1. The minimum atomic E-state index is -0.0503. The standard InChI is InChI=1S/C22H23N5O/c1-16-3-6-18(7-4-16)14-26-15-20(13-23-26)25-22(28)9-10-27-21-8-5-17(2)11-19(21)12-24-27/h3-8,11-13,15H,9-10,14H2,1-2H3,(H,25,28). The first-order valence-electron chi connectivity index (χ1n) is 9.37. The quantitative estimate of drug-likeness (QED) is 0.557. The summed E-state index contributed by atoms with van der Waals surface area (Å²) in [6.07, 6.45) is 5.73. The number of aryl methyl sites for hydroxylation is 3. The highest BCUT2D eigenvalue weighted by atomic mass is 16.1. The Kier molecular flexibility index (Phi) is 4.93. The number of hydrogen-bond donors (Lipinski definition) is 1. The third-order valence-corrected chi connectivity index (χ3v) is 4.73. The fraction of sp³-hybridized carbons (Fsp3) is 0.227. The number of nitrogens with zero attached hydrogens (tertiary/aromatic N) is 4. The molecule has 0 saturated carbocycles. The largest absolute Gasteiger partial charge is 0.323 e. The highest BCUT2D eigenvalue weighted by Gasteiger charge is 2.08. The summed E-state index contributed by atoms with van der Waals surface area (Å²) in [7, 11) is 0. The SMILES string of the molecule is Cc1ccc(Cn2cc(NC(=O)CCn3ncc4cc(C)ccc43)cn2)cc1. The molecular formula is C22H23N5O. The number of rotatable bonds is 6. The molecule has 0 aliphatic rings. The van der Waals surface area contributed by atoms with Crippen molar-refractivity contribution >= 4 is 22.5 Å². The molecule has 6 heteroatoms. The molecule has 2 aromatic carbocycles. The molecule has 4 rings (SSSR count). The minimum absolute atomic E-state index is 0.0503. The van der Waals surface area contributed by atoms with Crippen LogP contribution in [0.4, 0.5) is 5.69 Å². The average molecular weight is 373 g/mol. The van der Waals surface area contributed by atoms with E-state index in [1.165, 1.54) is 16.7 Å². The van der Waals surface area contributed by atoms with Crippen molar-refractivity contribution in [1.29, 1.82) is 0 Å². The Bertz CT molecular complexity index is 1110. The van der Waals surface area contributed by atoms with Gasteiger partial charge in [0.2, 0.25) is 5.91 Å². The lowest BCUT2D eigenvalue weighted by molar-refractivity contribution is -0.116. The van der Waals surface area contributed by atoms with Crippen molar-refractivity contribution in [3.8, 4) is 0 Å². The molecule has 0 radical (unpaired) electrons. The van der Waals surface area contributed by atoms with Crippen molar-refractivity contribution in [3.63, 3.8) is 0 Å². The van der Waals surface area contributed by atoms with Gasteiger partial charge in [0.25, 0.3) is 0 Å². The van der Waals surface area contributed by atoms with E-state index in [1.807, 2.05) is 27.8 Å². The summed E-state index contributed by atoms with van der Waals surface area (Å²) < 4.78 is 3.69. The maximum atomic E-state index is 12.3. The summed E-state index contributed by atoms with van der Waals surface area (Å²) in [5.74, 6) is -0.0503. The second-order valence-corrected chi connectivity index (χ2v) is 7.14. The molecule has 0 saturated heterocycles. The zero-order valence-corrected chi connectivity index (χ0v) is 16.1. The Morgan fingerprint density at radius 2 is 1.79 bits per heavy atom. The number of fused-ring (bicyclic) bond motifs is 1. The molecule has 0 unspecified atom stereocenters. The van der Waals surface area contributed by atoms with E-state index >= 15 is 0 Å². The Morgan fingerprint density at radius 3 is 2.61 bits per heavy atom. The predicted molar refractivity (Wildman–Crippen MR) is 110 cm³/mol. The van der Waals surface area contributed by atoms with E-state index in [4.69, 9.17) is 0 Å². The van der Waals surface area contributed by atoms with Gasteiger partial charge in [0.15, 0.2) is 0 Å². The van der Waals surface area contributed by atoms with E-state index in [-0.39, 0.29) is 5.91 Å². The molecule has 0 bridgehead atoms. The first-order valence-corrected chi connectivity index (χ1v) is 9.37. The first-order chi connectivity index (χ1) is 13.6. The number of hydrogen-bond acceptors (Lipinski definition) is 3. The molecule has 28 heavy (non-hydrogen) atoms. The lowest BCUT2D eigenvalue weighted by Crippen LogP contribution is -2.14. The summed E-state index contributed by atoms with van der Waals surface area (Å²) in [5, 5.41) is 12.7.